The number of Topliss-reactive ketones (excluding diaryl/α,β-unsaturated/α-hetero) is 1. The first kappa shape index (κ1) is 21.5. The molecule has 0 bridgehead atoms. The quantitative estimate of drug-likeness (QED) is 0.619. The molecule has 0 aromatic heterocycles. The Morgan fingerprint density at radius 2 is 1.77 bits per heavy atom. The van der Waals surface area contributed by atoms with Crippen molar-refractivity contribution in [1.29, 1.82) is 10.5 Å². The number of nitriles is 2. The van der Waals surface area contributed by atoms with E-state index in [1.54, 1.807) is 24.3 Å². The molecule has 4 N–H and O–H groups in total. The maximum Gasteiger partial charge on any atom is 0.234 e. The number of dihydropyridines is 1. The second kappa shape index (κ2) is 9.06. The molecule has 1 spiro atoms. The standard InChI is InChI=1S/C22H23N5O2S/c1-14(28)15-5-7-16(8-6-15)26-19(29)13-30-21-18(12-24)22(9-3-2-4-10-22)17(11-23)20(25)27-21/h5-8,27H,2-4,9-10,13,25H2,1H3,(H,26,29). The van der Waals surface area contributed by atoms with Crippen LogP contribution in [-0.2, 0) is 4.79 Å². The second-order valence-electron chi connectivity index (χ2n) is 7.45. The molecular weight excluding hydrogens is 398 g/mol. The largest absolute Gasteiger partial charge is 0.384 e. The fraction of sp³-hybridized carbons (Fsp3) is 0.364. The van der Waals surface area contributed by atoms with Gasteiger partial charge < -0.3 is 16.4 Å². The molecule has 0 unspecified atom stereocenters. The maximum atomic E-state index is 12.4. The SMILES string of the molecule is CC(=O)c1ccc(NC(=O)CSC2=C(C#N)C3(CCCCC3)C(C#N)=C(N)N2)cc1. The molecule has 0 saturated heterocycles. The van der Waals surface area contributed by atoms with Crippen LogP contribution in [-0.4, -0.2) is 17.4 Å². The van der Waals surface area contributed by atoms with Gasteiger partial charge in [0.05, 0.1) is 34.1 Å². The molecule has 1 aromatic carbocycles. The Hall–Kier alpha value is -3.23. The third-order valence-electron chi connectivity index (χ3n) is 5.56. The number of carbonyl (C=O) groups is 2. The summed E-state index contributed by atoms with van der Waals surface area (Å²) < 4.78 is 0. The summed E-state index contributed by atoms with van der Waals surface area (Å²) in [7, 11) is 0. The molecule has 1 aliphatic carbocycles. The minimum atomic E-state index is -0.654. The topological polar surface area (TPSA) is 132 Å². The van der Waals surface area contributed by atoms with E-state index in [4.69, 9.17) is 5.73 Å². The predicted octanol–water partition coefficient (Wildman–Crippen LogP) is 3.54. The minimum Gasteiger partial charge on any atom is -0.384 e. The summed E-state index contributed by atoms with van der Waals surface area (Å²) in [6, 6.07) is 11.2. The molecule has 2 aliphatic rings. The fourth-order valence-corrected chi connectivity index (χ4v) is 4.97. The normalized spacial score (nSPS) is 17.7. The smallest absolute Gasteiger partial charge is 0.234 e. The van der Waals surface area contributed by atoms with E-state index >= 15 is 0 Å². The third-order valence-corrected chi connectivity index (χ3v) is 6.56. The van der Waals surface area contributed by atoms with E-state index in [-0.39, 0.29) is 23.3 Å². The highest BCUT2D eigenvalue weighted by Crippen LogP contribution is 2.51. The Balaban J connectivity index is 1.75. The minimum absolute atomic E-state index is 0.0400. The monoisotopic (exact) mass is 421 g/mol. The number of thioether (sulfide) groups is 1. The van der Waals surface area contributed by atoms with E-state index in [0.717, 1.165) is 19.3 Å². The lowest BCUT2D eigenvalue weighted by molar-refractivity contribution is -0.113. The number of nitrogens with zero attached hydrogens (tertiary/aromatic N) is 2. The molecule has 1 aromatic rings. The molecule has 1 fully saturated rings. The molecule has 1 amide bonds. The van der Waals surface area contributed by atoms with E-state index < -0.39 is 5.41 Å². The Morgan fingerprint density at radius 3 is 2.33 bits per heavy atom. The molecule has 154 valence electrons. The van der Waals surface area contributed by atoms with E-state index in [1.807, 2.05) is 0 Å². The van der Waals surface area contributed by atoms with Crippen LogP contribution in [0.15, 0.2) is 46.3 Å². The van der Waals surface area contributed by atoms with Crippen LogP contribution in [0.3, 0.4) is 0 Å². The average molecular weight is 422 g/mol. The number of allylic oxidation sites excluding steroid dienone is 2. The van der Waals surface area contributed by atoms with Crippen molar-refractivity contribution in [2.75, 3.05) is 11.1 Å². The lowest BCUT2D eigenvalue weighted by atomic mass is 9.64. The molecule has 1 saturated carbocycles. The van der Waals surface area contributed by atoms with Crippen molar-refractivity contribution in [3.8, 4) is 12.1 Å². The fourth-order valence-electron chi connectivity index (χ4n) is 4.06. The van der Waals surface area contributed by atoms with Crippen LogP contribution in [0.4, 0.5) is 5.69 Å². The van der Waals surface area contributed by atoms with Gasteiger partial charge in [-0.3, -0.25) is 9.59 Å². The molecular formula is C22H23N5O2S. The van der Waals surface area contributed by atoms with Crippen LogP contribution in [0, 0.1) is 28.1 Å². The first-order valence-electron chi connectivity index (χ1n) is 9.77. The van der Waals surface area contributed by atoms with Crippen LogP contribution in [0.2, 0.25) is 0 Å². The highest BCUT2D eigenvalue weighted by molar-refractivity contribution is 8.03. The highest BCUT2D eigenvalue weighted by atomic mass is 32.2. The summed E-state index contributed by atoms with van der Waals surface area (Å²) in [6.07, 6.45) is 4.34. The van der Waals surface area contributed by atoms with Gasteiger partial charge in [0.1, 0.15) is 5.82 Å². The van der Waals surface area contributed by atoms with Crippen molar-refractivity contribution in [3.05, 3.63) is 51.8 Å². The van der Waals surface area contributed by atoms with Crippen LogP contribution in [0.25, 0.3) is 0 Å². The zero-order chi connectivity index (χ0) is 21.7. The zero-order valence-corrected chi connectivity index (χ0v) is 17.6. The molecule has 3 rings (SSSR count). The lowest BCUT2D eigenvalue weighted by Crippen LogP contribution is -2.39. The van der Waals surface area contributed by atoms with Crippen molar-refractivity contribution in [3.63, 3.8) is 0 Å². The number of ketones is 1. The number of carbonyl (C=O) groups excluding carboxylic acids is 2. The van der Waals surface area contributed by atoms with Crippen molar-refractivity contribution in [2.45, 2.75) is 39.0 Å². The summed E-state index contributed by atoms with van der Waals surface area (Å²) in [4.78, 5) is 23.8. The predicted molar refractivity (Wildman–Crippen MR) is 116 cm³/mol. The zero-order valence-electron chi connectivity index (χ0n) is 16.7. The Labute approximate surface area is 180 Å². The van der Waals surface area contributed by atoms with Crippen molar-refractivity contribution >= 4 is 29.1 Å². The van der Waals surface area contributed by atoms with Crippen LogP contribution in [0.5, 0.6) is 0 Å². The van der Waals surface area contributed by atoms with Gasteiger partial charge in [0.2, 0.25) is 5.91 Å². The van der Waals surface area contributed by atoms with Crippen molar-refractivity contribution in [1.82, 2.24) is 5.32 Å². The summed E-state index contributed by atoms with van der Waals surface area (Å²) in [5.41, 5.74) is 7.57. The Morgan fingerprint density at radius 1 is 1.13 bits per heavy atom. The number of hydrogen-bond donors (Lipinski definition) is 3. The van der Waals surface area contributed by atoms with Crippen molar-refractivity contribution < 1.29 is 9.59 Å². The summed E-state index contributed by atoms with van der Waals surface area (Å²) in [5, 5.41) is 25.8. The van der Waals surface area contributed by atoms with Crippen molar-refractivity contribution in [2.24, 2.45) is 11.1 Å². The van der Waals surface area contributed by atoms with Gasteiger partial charge in [-0.15, -0.1) is 0 Å². The van der Waals surface area contributed by atoms with Crippen LogP contribution < -0.4 is 16.4 Å². The highest BCUT2D eigenvalue weighted by Gasteiger charge is 2.45. The number of benzene rings is 1. The second-order valence-corrected chi connectivity index (χ2v) is 8.44. The third kappa shape index (κ3) is 4.19. The number of nitrogens with one attached hydrogen (secondary N) is 2. The number of nitrogens with two attached hydrogens (primary N) is 1. The van der Waals surface area contributed by atoms with Crippen LogP contribution in [0.1, 0.15) is 49.4 Å². The van der Waals surface area contributed by atoms with E-state index in [9.17, 15) is 20.1 Å². The summed E-state index contributed by atoms with van der Waals surface area (Å²) in [6.45, 7) is 1.48. The van der Waals surface area contributed by atoms with E-state index in [2.05, 4.69) is 22.8 Å². The molecule has 7 nitrogen and oxygen atoms in total. The first-order valence-corrected chi connectivity index (χ1v) is 10.8. The number of rotatable bonds is 5. The lowest BCUT2D eigenvalue weighted by Gasteiger charge is -2.40. The number of anilines is 1. The molecule has 8 heteroatoms. The summed E-state index contributed by atoms with van der Waals surface area (Å²) in [5.74, 6) is 0.0594. The average Bonchev–Trinajstić information content (AvgIpc) is 2.73. The Bertz CT molecular complexity index is 1010. The van der Waals surface area contributed by atoms with Gasteiger partial charge >= 0.3 is 0 Å². The van der Waals surface area contributed by atoms with Gasteiger partial charge in [0, 0.05) is 16.7 Å². The van der Waals surface area contributed by atoms with Gasteiger partial charge in [-0.05, 0) is 44.0 Å². The summed E-state index contributed by atoms with van der Waals surface area (Å²) >= 11 is 1.21. The molecule has 1 heterocycles. The first-order chi connectivity index (χ1) is 14.4. The maximum absolute atomic E-state index is 12.4. The number of hydrogen-bond acceptors (Lipinski definition) is 7. The number of amides is 1. The molecule has 0 atom stereocenters. The van der Waals surface area contributed by atoms with Gasteiger partial charge in [0.15, 0.2) is 5.78 Å². The van der Waals surface area contributed by atoms with Gasteiger partial charge in [-0.25, -0.2) is 0 Å². The molecule has 1 aliphatic heterocycles. The van der Waals surface area contributed by atoms with Crippen LogP contribution >= 0.6 is 11.8 Å². The van der Waals surface area contributed by atoms with Gasteiger partial charge in [0.25, 0.3) is 0 Å². The van der Waals surface area contributed by atoms with Gasteiger partial charge in [-0.2, -0.15) is 10.5 Å². The Kier molecular flexibility index (Phi) is 6.49. The molecule has 30 heavy (non-hydrogen) atoms. The molecule has 0 radical (unpaired) electrons. The van der Waals surface area contributed by atoms with Gasteiger partial charge in [-0.1, -0.05) is 31.0 Å². The van der Waals surface area contributed by atoms with E-state index in [1.165, 1.54) is 18.7 Å². The van der Waals surface area contributed by atoms with E-state index in [0.29, 0.717) is 40.3 Å².